The van der Waals surface area contributed by atoms with Gasteiger partial charge in [0.1, 0.15) is 0 Å². The molecule has 0 aliphatic carbocycles. The Labute approximate surface area is 107 Å². The van der Waals surface area contributed by atoms with Crippen LogP contribution in [-0.4, -0.2) is 59.4 Å². The topological polar surface area (TPSA) is 62.2 Å². The largest absolute Gasteiger partial charge is 0.353 e. The van der Waals surface area contributed by atoms with Gasteiger partial charge in [0.25, 0.3) is 0 Å². The second kappa shape index (κ2) is 6.51. The zero-order chi connectivity index (χ0) is 12.8. The van der Waals surface area contributed by atoms with E-state index in [0.717, 1.165) is 26.2 Å². The van der Waals surface area contributed by atoms with Crippen molar-refractivity contribution in [1.82, 2.24) is 25.3 Å². The van der Waals surface area contributed by atoms with Crippen LogP contribution in [0.5, 0.6) is 0 Å². The average molecular weight is 251 g/mol. The van der Waals surface area contributed by atoms with Crippen molar-refractivity contribution >= 4 is 5.91 Å². The van der Waals surface area contributed by atoms with Crippen LogP contribution in [0.3, 0.4) is 0 Å². The van der Waals surface area contributed by atoms with Gasteiger partial charge < -0.3 is 10.6 Å². The molecule has 1 unspecified atom stereocenters. The van der Waals surface area contributed by atoms with Crippen LogP contribution in [0, 0.1) is 0 Å². The summed E-state index contributed by atoms with van der Waals surface area (Å²) >= 11 is 0. The molecule has 0 aromatic carbocycles. The van der Waals surface area contributed by atoms with Gasteiger partial charge in [0.2, 0.25) is 5.91 Å². The fourth-order valence-electron chi connectivity index (χ4n) is 2.11. The van der Waals surface area contributed by atoms with Crippen LogP contribution in [0.25, 0.3) is 0 Å². The highest BCUT2D eigenvalue weighted by Crippen LogP contribution is 2.00. The van der Waals surface area contributed by atoms with E-state index >= 15 is 0 Å². The normalized spacial score (nSPS) is 18.5. The standard InChI is InChI=1S/C12H21N5O/c1-11(16-8-4-13-5-9-16)12(18)14-6-10-17-7-2-3-15-17/h2-3,7,11,13H,4-6,8-10H2,1H3,(H,14,18). The first-order valence-electron chi connectivity index (χ1n) is 6.47. The fraction of sp³-hybridized carbons (Fsp3) is 0.667. The summed E-state index contributed by atoms with van der Waals surface area (Å²) in [6, 6.07) is 1.83. The summed E-state index contributed by atoms with van der Waals surface area (Å²) in [5, 5.41) is 10.3. The molecule has 0 bridgehead atoms. The van der Waals surface area contributed by atoms with Crippen molar-refractivity contribution in [2.45, 2.75) is 19.5 Å². The molecule has 1 amide bonds. The van der Waals surface area contributed by atoms with Gasteiger partial charge in [-0.25, -0.2) is 0 Å². The summed E-state index contributed by atoms with van der Waals surface area (Å²) in [6.07, 6.45) is 3.64. The molecule has 1 fully saturated rings. The molecular formula is C12H21N5O. The highest BCUT2D eigenvalue weighted by atomic mass is 16.2. The number of hydrogen-bond donors (Lipinski definition) is 2. The molecule has 0 spiro atoms. The Bertz CT molecular complexity index is 359. The first-order chi connectivity index (χ1) is 8.77. The van der Waals surface area contributed by atoms with Gasteiger partial charge in [-0.2, -0.15) is 5.10 Å². The van der Waals surface area contributed by atoms with Gasteiger partial charge in [-0.3, -0.25) is 14.4 Å². The monoisotopic (exact) mass is 251 g/mol. The van der Waals surface area contributed by atoms with Crippen molar-refractivity contribution in [3.05, 3.63) is 18.5 Å². The van der Waals surface area contributed by atoms with Crippen LogP contribution < -0.4 is 10.6 Å². The van der Waals surface area contributed by atoms with Crippen molar-refractivity contribution in [2.75, 3.05) is 32.7 Å². The molecule has 1 saturated heterocycles. The number of rotatable bonds is 5. The maximum Gasteiger partial charge on any atom is 0.237 e. The number of carbonyl (C=O) groups excluding carboxylic acids is 1. The fourth-order valence-corrected chi connectivity index (χ4v) is 2.11. The van der Waals surface area contributed by atoms with Crippen LogP contribution in [0.2, 0.25) is 0 Å². The maximum absolute atomic E-state index is 12.0. The van der Waals surface area contributed by atoms with Gasteiger partial charge in [0.15, 0.2) is 0 Å². The average Bonchev–Trinajstić information content (AvgIpc) is 2.92. The van der Waals surface area contributed by atoms with Crippen molar-refractivity contribution in [1.29, 1.82) is 0 Å². The van der Waals surface area contributed by atoms with Gasteiger partial charge >= 0.3 is 0 Å². The molecule has 6 nitrogen and oxygen atoms in total. The lowest BCUT2D eigenvalue weighted by atomic mass is 10.2. The third-order valence-corrected chi connectivity index (χ3v) is 3.28. The Morgan fingerprint density at radius 3 is 2.94 bits per heavy atom. The lowest BCUT2D eigenvalue weighted by molar-refractivity contribution is -0.126. The molecule has 1 aromatic rings. The molecule has 0 radical (unpaired) electrons. The van der Waals surface area contributed by atoms with E-state index < -0.39 is 0 Å². The van der Waals surface area contributed by atoms with Gasteiger partial charge in [-0.05, 0) is 13.0 Å². The zero-order valence-electron chi connectivity index (χ0n) is 10.8. The van der Waals surface area contributed by atoms with E-state index in [9.17, 15) is 4.79 Å². The Balaban J connectivity index is 1.70. The highest BCUT2D eigenvalue weighted by molar-refractivity contribution is 5.81. The van der Waals surface area contributed by atoms with E-state index in [2.05, 4.69) is 20.6 Å². The van der Waals surface area contributed by atoms with E-state index in [4.69, 9.17) is 0 Å². The summed E-state index contributed by atoms with van der Waals surface area (Å²) in [4.78, 5) is 14.2. The minimum absolute atomic E-state index is 0.0512. The Kier molecular flexibility index (Phi) is 4.72. The molecule has 6 heteroatoms. The first kappa shape index (κ1) is 13.0. The van der Waals surface area contributed by atoms with Crippen molar-refractivity contribution in [3.63, 3.8) is 0 Å². The molecule has 1 atom stereocenters. The Hall–Kier alpha value is -1.40. The molecule has 100 valence electrons. The van der Waals surface area contributed by atoms with Gasteiger partial charge in [-0.1, -0.05) is 0 Å². The van der Waals surface area contributed by atoms with Crippen LogP contribution >= 0.6 is 0 Å². The first-order valence-corrected chi connectivity index (χ1v) is 6.47. The highest BCUT2D eigenvalue weighted by Gasteiger charge is 2.21. The third kappa shape index (κ3) is 3.54. The SMILES string of the molecule is CC(C(=O)NCCn1cccn1)N1CCNCC1. The molecule has 1 aliphatic heterocycles. The third-order valence-electron chi connectivity index (χ3n) is 3.28. The smallest absolute Gasteiger partial charge is 0.237 e. The van der Waals surface area contributed by atoms with Crippen molar-refractivity contribution in [3.8, 4) is 0 Å². The number of aromatic nitrogens is 2. The van der Waals surface area contributed by atoms with E-state index in [0.29, 0.717) is 13.1 Å². The summed E-state index contributed by atoms with van der Waals surface area (Å²) in [7, 11) is 0. The summed E-state index contributed by atoms with van der Waals surface area (Å²) in [5.41, 5.74) is 0. The van der Waals surface area contributed by atoms with Crippen LogP contribution in [0.4, 0.5) is 0 Å². The summed E-state index contributed by atoms with van der Waals surface area (Å²) in [5.74, 6) is 0.101. The molecule has 0 saturated carbocycles. The van der Waals surface area contributed by atoms with E-state index in [1.807, 2.05) is 23.9 Å². The Morgan fingerprint density at radius 2 is 2.28 bits per heavy atom. The predicted octanol–water partition coefficient (Wildman–Crippen LogP) is -0.707. The number of nitrogens with zero attached hydrogens (tertiary/aromatic N) is 3. The van der Waals surface area contributed by atoms with Crippen molar-refractivity contribution in [2.24, 2.45) is 0 Å². The van der Waals surface area contributed by atoms with Crippen molar-refractivity contribution < 1.29 is 4.79 Å². The second-order valence-corrected chi connectivity index (χ2v) is 4.52. The van der Waals surface area contributed by atoms with Gasteiger partial charge in [-0.15, -0.1) is 0 Å². The number of hydrogen-bond acceptors (Lipinski definition) is 4. The molecule has 18 heavy (non-hydrogen) atoms. The Morgan fingerprint density at radius 1 is 1.50 bits per heavy atom. The van der Waals surface area contributed by atoms with Crippen LogP contribution in [-0.2, 0) is 11.3 Å². The molecule has 1 aliphatic rings. The lowest BCUT2D eigenvalue weighted by Gasteiger charge is -2.31. The number of nitrogens with one attached hydrogen (secondary N) is 2. The molecule has 2 N–H and O–H groups in total. The maximum atomic E-state index is 12.0. The minimum Gasteiger partial charge on any atom is -0.353 e. The molecule has 2 rings (SSSR count). The minimum atomic E-state index is -0.0512. The van der Waals surface area contributed by atoms with E-state index in [-0.39, 0.29) is 11.9 Å². The zero-order valence-corrected chi connectivity index (χ0v) is 10.8. The van der Waals surface area contributed by atoms with Gasteiger partial charge in [0, 0.05) is 45.1 Å². The molecular weight excluding hydrogens is 230 g/mol. The molecule has 2 heterocycles. The van der Waals surface area contributed by atoms with Crippen LogP contribution in [0.1, 0.15) is 6.92 Å². The van der Waals surface area contributed by atoms with E-state index in [1.54, 1.807) is 6.20 Å². The molecule has 1 aromatic heterocycles. The number of amides is 1. The second-order valence-electron chi connectivity index (χ2n) is 4.52. The van der Waals surface area contributed by atoms with E-state index in [1.165, 1.54) is 0 Å². The quantitative estimate of drug-likeness (QED) is 0.726. The van der Waals surface area contributed by atoms with Gasteiger partial charge in [0.05, 0.1) is 12.6 Å². The number of piperazine rings is 1. The summed E-state index contributed by atoms with van der Waals surface area (Å²) < 4.78 is 1.82. The van der Waals surface area contributed by atoms with Crippen LogP contribution in [0.15, 0.2) is 18.5 Å². The summed E-state index contributed by atoms with van der Waals surface area (Å²) in [6.45, 7) is 7.11. The predicted molar refractivity (Wildman–Crippen MR) is 69.1 cm³/mol. The lowest BCUT2D eigenvalue weighted by Crippen LogP contribution is -2.52. The number of carbonyl (C=O) groups is 1.